The molecule has 0 aromatic carbocycles. The van der Waals surface area contributed by atoms with Crippen molar-refractivity contribution in [3.05, 3.63) is 30.1 Å². The molecule has 3 heterocycles. The molecule has 1 amide bonds. The van der Waals surface area contributed by atoms with Gasteiger partial charge in [-0.05, 0) is 24.0 Å². The van der Waals surface area contributed by atoms with Crippen molar-refractivity contribution in [2.45, 2.75) is 26.1 Å². The molecule has 0 saturated carbocycles. The van der Waals surface area contributed by atoms with E-state index in [-0.39, 0.29) is 5.41 Å². The van der Waals surface area contributed by atoms with Crippen molar-refractivity contribution in [1.82, 2.24) is 14.8 Å². The average Bonchev–Trinajstić information content (AvgIpc) is 3.14. The first-order chi connectivity index (χ1) is 13.6. The zero-order valence-electron chi connectivity index (χ0n) is 16.5. The number of carbonyl (C=O) groups excluding carboxylic acids is 1. The first-order valence-electron chi connectivity index (χ1n) is 9.30. The number of aromatic nitrogens is 1. The summed E-state index contributed by atoms with van der Waals surface area (Å²) in [6.45, 7) is 7.16. The Morgan fingerprint density at radius 1 is 1.45 bits per heavy atom. The molecule has 2 fully saturated rings. The summed E-state index contributed by atoms with van der Waals surface area (Å²) in [4.78, 5) is 30.3. The van der Waals surface area contributed by atoms with E-state index >= 15 is 0 Å². The second-order valence-corrected chi connectivity index (χ2v) is 7.43. The lowest BCUT2D eigenvalue weighted by Gasteiger charge is -2.26. The Balaban J connectivity index is 0.000000370. The van der Waals surface area contributed by atoms with Gasteiger partial charge in [0.15, 0.2) is 0 Å². The van der Waals surface area contributed by atoms with Gasteiger partial charge in [0.05, 0.1) is 12.0 Å². The van der Waals surface area contributed by atoms with Gasteiger partial charge in [-0.15, -0.1) is 0 Å². The number of ether oxygens (including phenoxy) is 1. The Morgan fingerprint density at radius 3 is 2.69 bits per heavy atom. The molecule has 2 saturated heterocycles. The van der Waals surface area contributed by atoms with E-state index in [2.05, 4.69) is 22.9 Å². The van der Waals surface area contributed by atoms with Crippen LogP contribution in [0.25, 0.3) is 0 Å². The Kier molecular flexibility index (Phi) is 7.59. The molecule has 1 aromatic heterocycles. The van der Waals surface area contributed by atoms with E-state index in [1.807, 2.05) is 17.2 Å². The van der Waals surface area contributed by atoms with Crippen LogP contribution >= 0.6 is 0 Å². The highest BCUT2D eigenvalue weighted by Crippen LogP contribution is 2.44. The molecule has 162 valence electrons. The van der Waals surface area contributed by atoms with Gasteiger partial charge in [0, 0.05) is 52.2 Å². The van der Waals surface area contributed by atoms with Crippen molar-refractivity contribution in [1.29, 1.82) is 0 Å². The third-order valence-corrected chi connectivity index (χ3v) is 5.46. The third-order valence-electron chi connectivity index (χ3n) is 5.46. The number of rotatable bonds is 5. The summed E-state index contributed by atoms with van der Waals surface area (Å²) in [5.74, 6) is -2.03. The first kappa shape index (κ1) is 23.1. The van der Waals surface area contributed by atoms with Gasteiger partial charge in [-0.25, -0.2) is 4.79 Å². The number of amides is 1. The maximum absolute atomic E-state index is 12.9. The lowest BCUT2D eigenvalue weighted by molar-refractivity contribution is -0.192. The van der Waals surface area contributed by atoms with E-state index in [0.717, 1.165) is 32.6 Å². The molecule has 1 spiro atoms. The molecular weight excluding hydrogens is 391 g/mol. The average molecular weight is 417 g/mol. The number of alkyl halides is 3. The molecule has 2 aliphatic rings. The van der Waals surface area contributed by atoms with Gasteiger partial charge in [0.1, 0.15) is 0 Å². The van der Waals surface area contributed by atoms with Crippen LogP contribution in [0.15, 0.2) is 24.5 Å². The molecule has 0 bridgehead atoms. The molecule has 7 nitrogen and oxygen atoms in total. The van der Waals surface area contributed by atoms with Gasteiger partial charge < -0.3 is 14.7 Å². The number of aliphatic carboxylic acids is 1. The topological polar surface area (TPSA) is 83.0 Å². The molecule has 0 aliphatic carbocycles. The van der Waals surface area contributed by atoms with E-state index < -0.39 is 12.1 Å². The number of pyridine rings is 1. The number of methoxy groups -OCH3 is 1. The van der Waals surface area contributed by atoms with E-state index in [1.165, 1.54) is 5.56 Å². The summed E-state index contributed by atoms with van der Waals surface area (Å²) in [6.07, 6.45) is -0.400. The maximum atomic E-state index is 12.9. The molecule has 1 N–H and O–H groups in total. The minimum Gasteiger partial charge on any atom is -0.475 e. The molecule has 2 aliphatic heterocycles. The molecule has 3 rings (SSSR count). The van der Waals surface area contributed by atoms with Gasteiger partial charge in [-0.1, -0.05) is 13.0 Å². The van der Waals surface area contributed by atoms with Crippen LogP contribution in [0.1, 0.15) is 18.9 Å². The Hall–Kier alpha value is -2.20. The van der Waals surface area contributed by atoms with Crippen molar-refractivity contribution in [2.24, 2.45) is 11.3 Å². The van der Waals surface area contributed by atoms with Crippen molar-refractivity contribution in [3.8, 4) is 0 Å². The highest BCUT2D eigenvalue weighted by Gasteiger charge is 2.54. The normalized spacial score (nSPS) is 24.7. The smallest absolute Gasteiger partial charge is 0.475 e. The van der Waals surface area contributed by atoms with Gasteiger partial charge in [-0.3, -0.25) is 14.7 Å². The number of nitrogens with zero attached hydrogens (tertiary/aromatic N) is 3. The molecule has 2 atom stereocenters. The number of hydrogen-bond acceptors (Lipinski definition) is 5. The van der Waals surface area contributed by atoms with E-state index in [4.69, 9.17) is 14.6 Å². The fraction of sp³-hybridized carbons (Fsp3) is 0.632. The Bertz CT molecular complexity index is 702. The van der Waals surface area contributed by atoms with Crippen LogP contribution in [-0.2, 0) is 20.9 Å². The SMILES string of the molecule is COCCN1CC[C@]2(CN(Cc3cccnc3)C[C@H]2C)C1=O.O=C(O)C(F)(F)F. The van der Waals surface area contributed by atoms with Gasteiger partial charge >= 0.3 is 12.1 Å². The predicted molar refractivity (Wildman–Crippen MR) is 97.9 cm³/mol. The highest BCUT2D eigenvalue weighted by molar-refractivity contribution is 5.86. The van der Waals surface area contributed by atoms with Crippen molar-refractivity contribution < 1.29 is 32.6 Å². The summed E-state index contributed by atoms with van der Waals surface area (Å²) >= 11 is 0. The minimum absolute atomic E-state index is 0.185. The van der Waals surface area contributed by atoms with E-state index in [9.17, 15) is 18.0 Å². The standard InChI is InChI=1S/C17H25N3O2.C2HF3O2/c1-14-11-19(12-15-4-3-6-18-10-15)13-17(14)5-7-20(16(17)21)8-9-22-2;3-2(4,5)1(6)7/h3-4,6,10,14H,5,7-9,11-13H2,1-2H3;(H,6,7)/t14-,17-;/m1./s1. The van der Waals surface area contributed by atoms with Crippen molar-refractivity contribution in [3.63, 3.8) is 0 Å². The minimum atomic E-state index is -5.08. The quantitative estimate of drug-likeness (QED) is 0.790. The van der Waals surface area contributed by atoms with Gasteiger partial charge in [-0.2, -0.15) is 13.2 Å². The summed E-state index contributed by atoms with van der Waals surface area (Å²) in [5.41, 5.74) is 1.03. The van der Waals surface area contributed by atoms with E-state index in [1.54, 1.807) is 13.3 Å². The second kappa shape index (κ2) is 9.53. The van der Waals surface area contributed by atoms with Crippen LogP contribution in [-0.4, -0.2) is 77.8 Å². The largest absolute Gasteiger partial charge is 0.490 e. The molecule has 0 unspecified atom stereocenters. The molecule has 1 aromatic rings. The number of carboxylic acid groups (broad SMARTS) is 1. The molecule has 10 heteroatoms. The van der Waals surface area contributed by atoms with E-state index in [0.29, 0.717) is 25.0 Å². The van der Waals surface area contributed by atoms with Crippen molar-refractivity contribution >= 4 is 11.9 Å². The van der Waals surface area contributed by atoms with Gasteiger partial charge in [0.2, 0.25) is 5.91 Å². The fourth-order valence-electron chi connectivity index (χ4n) is 3.93. The Labute approximate surface area is 167 Å². The first-order valence-corrected chi connectivity index (χ1v) is 9.30. The molecule has 0 radical (unpaired) electrons. The number of carboxylic acids is 1. The monoisotopic (exact) mass is 417 g/mol. The third kappa shape index (κ3) is 5.66. The van der Waals surface area contributed by atoms with Crippen LogP contribution in [0.2, 0.25) is 0 Å². The second-order valence-electron chi connectivity index (χ2n) is 7.43. The Morgan fingerprint density at radius 2 is 2.14 bits per heavy atom. The zero-order valence-corrected chi connectivity index (χ0v) is 16.5. The lowest BCUT2D eigenvalue weighted by atomic mass is 9.78. The van der Waals surface area contributed by atoms with Gasteiger partial charge in [0.25, 0.3) is 0 Å². The predicted octanol–water partition coefficient (Wildman–Crippen LogP) is 2.03. The fourth-order valence-corrected chi connectivity index (χ4v) is 3.93. The van der Waals surface area contributed by atoms with Crippen molar-refractivity contribution in [2.75, 3.05) is 39.9 Å². The lowest BCUT2D eigenvalue weighted by Crippen LogP contribution is -2.40. The summed E-state index contributed by atoms with van der Waals surface area (Å²) in [6, 6.07) is 4.07. The molecule has 29 heavy (non-hydrogen) atoms. The van der Waals surface area contributed by atoms with Crippen LogP contribution in [0.4, 0.5) is 13.2 Å². The summed E-state index contributed by atoms with van der Waals surface area (Å²) in [5, 5.41) is 7.12. The zero-order chi connectivity index (χ0) is 21.7. The van der Waals surface area contributed by atoms with Crippen LogP contribution in [0, 0.1) is 11.3 Å². The number of likely N-dealkylation sites (tertiary alicyclic amines) is 2. The highest BCUT2D eigenvalue weighted by atomic mass is 19.4. The maximum Gasteiger partial charge on any atom is 0.490 e. The summed E-state index contributed by atoms with van der Waals surface area (Å²) < 4.78 is 36.9. The molecular formula is C19H26F3N3O4. The number of carbonyl (C=O) groups is 2. The van der Waals surface area contributed by atoms with Crippen LogP contribution in [0.5, 0.6) is 0 Å². The van der Waals surface area contributed by atoms with Crippen LogP contribution in [0.3, 0.4) is 0 Å². The number of halogens is 3. The number of hydrogen-bond donors (Lipinski definition) is 1. The summed E-state index contributed by atoms with van der Waals surface area (Å²) in [7, 11) is 1.68. The van der Waals surface area contributed by atoms with Crippen LogP contribution < -0.4 is 0 Å².